The second-order valence-electron chi connectivity index (χ2n) is 6.28. The first-order valence-corrected chi connectivity index (χ1v) is 8.93. The predicted molar refractivity (Wildman–Crippen MR) is 108 cm³/mol. The number of anilines is 1. The smallest absolute Gasteiger partial charge is 0.335 e. The van der Waals surface area contributed by atoms with Crippen LogP contribution in [0, 0.1) is 6.92 Å². The number of hydrogen-bond acceptors (Lipinski definition) is 3. The van der Waals surface area contributed by atoms with Crippen molar-refractivity contribution in [1.29, 1.82) is 0 Å². The van der Waals surface area contributed by atoms with Crippen molar-refractivity contribution in [2.45, 2.75) is 20.1 Å². The molecule has 3 rings (SSSR count). The quantitative estimate of drug-likeness (QED) is 0.564. The fraction of sp³-hybridized carbons (Fsp3) is 0.136. The molecular weight excluding hydrogens is 362 g/mol. The molecule has 0 unspecified atom stereocenters. The van der Waals surface area contributed by atoms with Gasteiger partial charge >= 0.3 is 5.97 Å². The molecule has 0 aliphatic rings. The maximum atomic E-state index is 11.1. The molecule has 0 aromatic heterocycles. The average Bonchev–Trinajstić information content (AvgIpc) is 2.66. The number of hydrogen-bond donors (Lipinski definition) is 2. The van der Waals surface area contributed by atoms with Crippen molar-refractivity contribution in [3.63, 3.8) is 0 Å². The Morgan fingerprint density at radius 2 is 1.81 bits per heavy atom. The first-order valence-electron chi connectivity index (χ1n) is 8.55. The number of carboxylic acid groups (broad SMARTS) is 1. The van der Waals surface area contributed by atoms with Crippen LogP contribution >= 0.6 is 11.6 Å². The number of ether oxygens (including phenoxy) is 1. The van der Waals surface area contributed by atoms with E-state index in [0.29, 0.717) is 23.9 Å². The highest BCUT2D eigenvalue weighted by Gasteiger charge is 2.07. The Morgan fingerprint density at radius 1 is 1.04 bits per heavy atom. The van der Waals surface area contributed by atoms with Gasteiger partial charge in [-0.15, -0.1) is 0 Å². The van der Waals surface area contributed by atoms with Crippen LogP contribution in [0.3, 0.4) is 0 Å². The predicted octanol–water partition coefficient (Wildman–Crippen LogP) is 5.54. The Hall–Kier alpha value is -2.98. The molecule has 3 aromatic rings. The van der Waals surface area contributed by atoms with Crippen molar-refractivity contribution in [2.75, 3.05) is 5.32 Å². The second kappa shape index (κ2) is 8.60. The molecule has 2 N–H and O–H groups in total. The monoisotopic (exact) mass is 381 g/mol. The number of nitrogens with one attached hydrogen (secondary N) is 1. The highest BCUT2D eigenvalue weighted by atomic mass is 35.5. The molecule has 4 nitrogen and oxygen atoms in total. The van der Waals surface area contributed by atoms with Crippen LogP contribution in [0.25, 0.3) is 0 Å². The minimum Gasteiger partial charge on any atom is -0.489 e. The van der Waals surface area contributed by atoms with E-state index in [-0.39, 0.29) is 5.56 Å². The van der Waals surface area contributed by atoms with Gasteiger partial charge in [-0.3, -0.25) is 0 Å². The van der Waals surface area contributed by atoms with Crippen LogP contribution in [0.2, 0.25) is 5.02 Å². The Balaban J connectivity index is 1.64. The van der Waals surface area contributed by atoms with E-state index in [1.807, 2.05) is 36.4 Å². The summed E-state index contributed by atoms with van der Waals surface area (Å²) >= 11 is 6.15. The summed E-state index contributed by atoms with van der Waals surface area (Å²) < 4.78 is 5.88. The lowest BCUT2D eigenvalue weighted by Gasteiger charge is -2.11. The first-order chi connectivity index (χ1) is 13.0. The Labute approximate surface area is 163 Å². The lowest BCUT2D eigenvalue weighted by atomic mass is 10.1. The number of carbonyl (C=O) groups is 1. The number of carboxylic acids is 1. The normalized spacial score (nSPS) is 10.4. The maximum Gasteiger partial charge on any atom is 0.335 e. The van der Waals surface area contributed by atoms with Crippen molar-refractivity contribution in [3.8, 4) is 5.75 Å². The fourth-order valence-corrected chi connectivity index (χ4v) is 2.89. The summed E-state index contributed by atoms with van der Waals surface area (Å²) in [4.78, 5) is 11.1. The second-order valence-corrected chi connectivity index (χ2v) is 6.69. The van der Waals surface area contributed by atoms with Crippen LogP contribution in [0.15, 0.2) is 66.7 Å². The lowest BCUT2D eigenvalue weighted by Crippen LogP contribution is -2.03. The number of rotatable bonds is 7. The zero-order valence-electron chi connectivity index (χ0n) is 14.9. The van der Waals surface area contributed by atoms with E-state index in [0.717, 1.165) is 16.9 Å². The number of aryl methyl sites for hydroxylation is 1. The van der Waals surface area contributed by atoms with E-state index in [1.54, 1.807) is 6.07 Å². The molecule has 0 saturated heterocycles. The van der Waals surface area contributed by atoms with Gasteiger partial charge in [0.05, 0.1) is 16.3 Å². The molecule has 0 aliphatic carbocycles. The van der Waals surface area contributed by atoms with Crippen molar-refractivity contribution >= 4 is 23.3 Å². The van der Waals surface area contributed by atoms with Gasteiger partial charge < -0.3 is 15.2 Å². The van der Waals surface area contributed by atoms with Gasteiger partial charge in [-0.2, -0.15) is 0 Å². The molecule has 0 heterocycles. The minimum atomic E-state index is -0.985. The SMILES string of the molecule is Cc1cccc(COc2cccc(CNc3cc(C(=O)O)ccc3Cl)c2)c1. The van der Waals surface area contributed by atoms with Gasteiger partial charge in [0.25, 0.3) is 0 Å². The number of aromatic carboxylic acids is 1. The van der Waals surface area contributed by atoms with Crippen LogP contribution in [0.1, 0.15) is 27.0 Å². The Kier molecular flexibility index (Phi) is 5.99. The molecule has 0 radical (unpaired) electrons. The zero-order valence-corrected chi connectivity index (χ0v) is 15.7. The van der Waals surface area contributed by atoms with Gasteiger partial charge in [-0.25, -0.2) is 4.79 Å². The van der Waals surface area contributed by atoms with Crippen molar-refractivity contribution in [2.24, 2.45) is 0 Å². The molecule has 138 valence electrons. The van der Waals surface area contributed by atoms with E-state index >= 15 is 0 Å². The summed E-state index contributed by atoms with van der Waals surface area (Å²) in [6.45, 7) is 3.07. The van der Waals surface area contributed by atoms with Crippen LogP contribution < -0.4 is 10.1 Å². The Bertz CT molecular complexity index is 956. The number of benzene rings is 3. The number of halogens is 1. The van der Waals surface area contributed by atoms with E-state index in [2.05, 4.69) is 24.4 Å². The van der Waals surface area contributed by atoms with Crippen LogP contribution in [0.5, 0.6) is 5.75 Å². The topological polar surface area (TPSA) is 58.6 Å². The van der Waals surface area contributed by atoms with Crippen molar-refractivity contribution in [1.82, 2.24) is 0 Å². The largest absolute Gasteiger partial charge is 0.489 e. The average molecular weight is 382 g/mol. The zero-order chi connectivity index (χ0) is 19.2. The van der Waals surface area contributed by atoms with E-state index in [9.17, 15) is 4.79 Å². The van der Waals surface area contributed by atoms with E-state index < -0.39 is 5.97 Å². The van der Waals surface area contributed by atoms with E-state index in [1.165, 1.54) is 17.7 Å². The third-order valence-electron chi connectivity index (χ3n) is 4.08. The van der Waals surface area contributed by atoms with Crippen molar-refractivity contribution in [3.05, 3.63) is 94.0 Å². The molecule has 0 aliphatic heterocycles. The van der Waals surface area contributed by atoms with Crippen LogP contribution in [0.4, 0.5) is 5.69 Å². The summed E-state index contributed by atoms with van der Waals surface area (Å²) in [7, 11) is 0. The molecule has 3 aromatic carbocycles. The van der Waals surface area contributed by atoms with E-state index in [4.69, 9.17) is 21.4 Å². The minimum absolute atomic E-state index is 0.192. The third-order valence-corrected chi connectivity index (χ3v) is 4.41. The molecule has 5 heteroatoms. The van der Waals surface area contributed by atoms with Gasteiger partial charge in [0.15, 0.2) is 0 Å². The molecule has 0 amide bonds. The summed E-state index contributed by atoms with van der Waals surface area (Å²) in [5.41, 5.74) is 4.11. The standard InChI is InChI=1S/C22H20ClNO3/c1-15-4-2-6-17(10-15)14-27-19-7-3-5-16(11-19)13-24-21-12-18(22(25)26)8-9-20(21)23/h2-12,24H,13-14H2,1H3,(H,25,26). The Morgan fingerprint density at radius 3 is 2.59 bits per heavy atom. The van der Waals surface area contributed by atoms with Gasteiger partial charge in [-0.1, -0.05) is 53.6 Å². The molecular formula is C22H20ClNO3. The first kappa shape index (κ1) is 18.8. The summed E-state index contributed by atoms with van der Waals surface area (Å²) in [6.07, 6.45) is 0. The van der Waals surface area contributed by atoms with Crippen molar-refractivity contribution < 1.29 is 14.6 Å². The van der Waals surface area contributed by atoms with Gasteiger partial charge in [-0.05, 0) is 48.4 Å². The molecule has 27 heavy (non-hydrogen) atoms. The van der Waals surface area contributed by atoms with Crippen LogP contribution in [-0.2, 0) is 13.2 Å². The van der Waals surface area contributed by atoms with Gasteiger partial charge in [0.1, 0.15) is 12.4 Å². The summed E-state index contributed by atoms with van der Waals surface area (Å²) in [5, 5.41) is 12.8. The van der Waals surface area contributed by atoms with Crippen LogP contribution in [-0.4, -0.2) is 11.1 Å². The summed E-state index contributed by atoms with van der Waals surface area (Å²) in [6, 6.07) is 20.6. The maximum absolute atomic E-state index is 11.1. The molecule has 0 bridgehead atoms. The highest BCUT2D eigenvalue weighted by molar-refractivity contribution is 6.33. The highest BCUT2D eigenvalue weighted by Crippen LogP contribution is 2.24. The fourth-order valence-electron chi connectivity index (χ4n) is 2.70. The molecule has 0 saturated carbocycles. The third kappa shape index (κ3) is 5.25. The van der Waals surface area contributed by atoms with Gasteiger partial charge in [0.2, 0.25) is 0 Å². The molecule has 0 spiro atoms. The molecule has 0 fully saturated rings. The molecule has 0 atom stereocenters. The van der Waals surface area contributed by atoms with Gasteiger partial charge in [0, 0.05) is 6.54 Å². The summed E-state index contributed by atoms with van der Waals surface area (Å²) in [5.74, 6) is -0.206. The lowest BCUT2D eigenvalue weighted by molar-refractivity contribution is 0.0697.